The van der Waals surface area contributed by atoms with Crippen LogP contribution in [0.3, 0.4) is 0 Å². The van der Waals surface area contributed by atoms with E-state index in [4.69, 9.17) is 4.42 Å². The molecule has 0 saturated carbocycles. The van der Waals surface area contributed by atoms with E-state index in [1.54, 1.807) is 4.68 Å². The Morgan fingerprint density at radius 2 is 1.91 bits per heavy atom. The zero-order chi connectivity index (χ0) is 16.0. The summed E-state index contributed by atoms with van der Waals surface area (Å²) in [7, 11) is 1.87. The van der Waals surface area contributed by atoms with Crippen molar-refractivity contribution in [2.24, 2.45) is 7.05 Å². The SMILES string of the molecule is Cc1cccc(-c2oc(C)nc2-c2ccc3nnn(C)c3c2)n1. The van der Waals surface area contributed by atoms with Crippen LogP contribution in [0.25, 0.3) is 33.7 Å². The van der Waals surface area contributed by atoms with Crippen molar-refractivity contribution in [2.45, 2.75) is 13.8 Å². The van der Waals surface area contributed by atoms with Crippen LogP contribution in [0.5, 0.6) is 0 Å². The number of hydrogen-bond acceptors (Lipinski definition) is 5. The highest BCUT2D eigenvalue weighted by molar-refractivity contribution is 5.84. The average Bonchev–Trinajstić information content (AvgIpc) is 3.11. The molecule has 0 aliphatic rings. The van der Waals surface area contributed by atoms with E-state index in [1.165, 1.54) is 0 Å². The van der Waals surface area contributed by atoms with Crippen LogP contribution < -0.4 is 0 Å². The standard InChI is InChI=1S/C17H15N5O/c1-10-5-4-6-14(18-10)17-16(19-11(2)23-17)12-7-8-13-15(9-12)22(3)21-20-13/h4-9H,1-3H3. The topological polar surface area (TPSA) is 69.6 Å². The van der Waals surface area contributed by atoms with Crippen molar-refractivity contribution in [3.8, 4) is 22.7 Å². The van der Waals surface area contributed by atoms with E-state index < -0.39 is 0 Å². The van der Waals surface area contributed by atoms with Gasteiger partial charge in [-0.1, -0.05) is 17.3 Å². The van der Waals surface area contributed by atoms with Crippen molar-refractivity contribution in [3.05, 3.63) is 48.0 Å². The lowest BCUT2D eigenvalue weighted by molar-refractivity contribution is 0.532. The smallest absolute Gasteiger partial charge is 0.192 e. The Bertz CT molecular complexity index is 1010. The molecule has 0 radical (unpaired) electrons. The number of hydrogen-bond donors (Lipinski definition) is 0. The van der Waals surface area contributed by atoms with Gasteiger partial charge < -0.3 is 4.42 Å². The van der Waals surface area contributed by atoms with Gasteiger partial charge in [-0.25, -0.2) is 14.6 Å². The summed E-state index contributed by atoms with van der Waals surface area (Å²) in [6, 6.07) is 11.8. The first-order valence-electron chi connectivity index (χ1n) is 7.33. The largest absolute Gasteiger partial charge is 0.439 e. The van der Waals surface area contributed by atoms with Crippen LogP contribution in [-0.4, -0.2) is 25.0 Å². The second-order valence-electron chi connectivity index (χ2n) is 5.49. The summed E-state index contributed by atoms with van der Waals surface area (Å²) in [6.07, 6.45) is 0. The van der Waals surface area contributed by atoms with Gasteiger partial charge in [-0.05, 0) is 31.2 Å². The number of aromatic nitrogens is 5. The fraction of sp³-hybridized carbons (Fsp3) is 0.176. The number of pyridine rings is 1. The fourth-order valence-corrected chi connectivity index (χ4v) is 2.64. The number of fused-ring (bicyclic) bond motifs is 1. The normalized spacial score (nSPS) is 11.3. The van der Waals surface area contributed by atoms with Gasteiger partial charge in [-0.15, -0.1) is 5.10 Å². The summed E-state index contributed by atoms with van der Waals surface area (Å²) in [4.78, 5) is 9.10. The van der Waals surface area contributed by atoms with Gasteiger partial charge in [0.1, 0.15) is 16.9 Å². The van der Waals surface area contributed by atoms with Crippen LogP contribution in [0, 0.1) is 13.8 Å². The minimum atomic E-state index is 0.613. The molecule has 0 bridgehead atoms. The summed E-state index contributed by atoms with van der Waals surface area (Å²) < 4.78 is 7.57. The number of rotatable bonds is 2. The third-order valence-electron chi connectivity index (χ3n) is 3.74. The molecular weight excluding hydrogens is 290 g/mol. The molecule has 3 heterocycles. The maximum atomic E-state index is 5.82. The van der Waals surface area contributed by atoms with Gasteiger partial charge in [-0.2, -0.15) is 0 Å². The maximum Gasteiger partial charge on any atom is 0.192 e. The third-order valence-corrected chi connectivity index (χ3v) is 3.74. The number of oxazole rings is 1. The molecule has 4 aromatic rings. The Morgan fingerprint density at radius 3 is 2.74 bits per heavy atom. The van der Waals surface area contributed by atoms with E-state index in [0.29, 0.717) is 11.7 Å². The van der Waals surface area contributed by atoms with Crippen LogP contribution >= 0.6 is 0 Å². The number of nitrogens with zero attached hydrogens (tertiary/aromatic N) is 5. The van der Waals surface area contributed by atoms with E-state index in [1.807, 2.05) is 57.3 Å². The highest BCUT2D eigenvalue weighted by atomic mass is 16.4. The lowest BCUT2D eigenvalue weighted by Gasteiger charge is -2.02. The minimum Gasteiger partial charge on any atom is -0.439 e. The average molecular weight is 305 g/mol. The Kier molecular flexibility index (Phi) is 2.97. The zero-order valence-electron chi connectivity index (χ0n) is 13.1. The van der Waals surface area contributed by atoms with Crippen LogP contribution in [0.1, 0.15) is 11.6 Å². The lowest BCUT2D eigenvalue weighted by atomic mass is 10.1. The summed E-state index contributed by atoms with van der Waals surface area (Å²) >= 11 is 0. The Labute approximate surface area is 132 Å². The molecule has 0 atom stereocenters. The van der Waals surface area contributed by atoms with Gasteiger partial charge in [0.2, 0.25) is 0 Å². The Morgan fingerprint density at radius 1 is 1.04 bits per heavy atom. The van der Waals surface area contributed by atoms with Crippen molar-refractivity contribution in [3.63, 3.8) is 0 Å². The third kappa shape index (κ3) is 2.28. The second kappa shape index (κ2) is 5.01. The van der Waals surface area contributed by atoms with Gasteiger partial charge in [0.05, 0.1) is 5.52 Å². The molecule has 0 unspecified atom stereocenters. The Hall–Kier alpha value is -3.02. The number of benzene rings is 1. The zero-order valence-corrected chi connectivity index (χ0v) is 13.1. The van der Waals surface area contributed by atoms with Crippen LogP contribution in [0.4, 0.5) is 0 Å². The monoisotopic (exact) mass is 305 g/mol. The summed E-state index contributed by atoms with van der Waals surface area (Å²) in [5.41, 5.74) is 5.26. The summed E-state index contributed by atoms with van der Waals surface area (Å²) in [5.74, 6) is 1.29. The molecule has 0 fully saturated rings. The van der Waals surface area contributed by atoms with E-state index in [-0.39, 0.29) is 0 Å². The molecule has 0 aliphatic heterocycles. The molecule has 1 aromatic carbocycles. The first-order chi connectivity index (χ1) is 11.1. The predicted molar refractivity (Wildman–Crippen MR) is 86.7 cm³/mol. The fourth-order valence-electron chi connectivity index (χ4n) is 2.64. The summed E-state index contributed by atoms with van der Waals surface area (Å²) in [5, 5.41) is 8.15. The molecule has 0 spiro atoms. The molecule has 3 aromatic heterocycles. The lowest BCUT2D eigenvalue weighted by Crippen LogP contribution is -1.91. The second-order valence-corrected chi connectivity index (χ2v) is 5.49. The highest BCUT2D eigenvalue weighted by Gasteiger charge is 2.17. The Balaban J connectivity index is 1.92. The van der Waals surface area contributed by atoms with E-state index in [2.05, 4.69) is 20.3 Å². The first-order valence-corrected chi connectivity index (χ1v) is 7.33. The molecular formula is C17H15N5O. The minimum absolute atomic E-state index is 0.613. The van der Waals surface area contributed by atoms with E-state index >= 15 is 0 Å². The van der Waals surface area contributed by atoms with E-state index in [0.717, 1.165) is 33.7 Å². The molecule has 0 amide bonds. The first kappa shape index (κ1) is 13.6. The molecule has 4 rings (SSSR count). The van der Waals surface area contributed by atoms with Crippen molar-refractivity contribution in [1.29, 1.82) is 0 Å². The van der Waals surface area contributed by atoms with Gasteiger partial charge in [0.15, 0.2) is 11.7 Å². The van der Waals surface area contributed by atoms with Crippen LogP contribution in [-0.2, 0) is 7.05 Å². The van der Waals surface area contributed by atoms with Crippen molar-refractivity contribution >= 4 is 11.0 Å². The molecule has 114 valence electrons. The van der Waals surface area contributed by atoms with Gasteiger partial charge in [-0.3, -0.25) is 0 Å². The molecule has 0 aliphatic carbocycles. The highest BCUT2D eigenvalue weighted by Crippen LogP contribution is 2.32. The van der Waals surface area contributed by atoms with E-state index in [9.17, 15) is 0 Å². The van der Waals surface area contributed by atoms with Crippen molar-refractivity contribution in [1.82, 2.24) is 25.0 Å². The van der Waals surface area contributed by atoms with Crippen molar-refractivity contribution in [2.75, 3.05) is 0 Å². The van der Waals surface area contributed by atoms with Gasteiger partial charge >= 0.3 is 0 Å². The van der Waals surface area contributed by atoms with Crippen LogP contribution in [0.2, 0.25) is 0 Å². The molecule has 6 heteroatoms. The molecule has 0 N–H and O–H groups in total. The quantitative estimate of drug-likeness (QED) is 0.568. The predicted octanol–water partition coefficient (Wildman–Crippen LogP) is 3.30. The number of aryl methyl sites for hydroxylation is 3. The molecule has 0 saturated heterocycles. The summed E-state index contributed by atoms with van der Waals surface area (Å²) in [6.45, 7) is 3.80. The van der Waals surface area contributed by atoms with Crippen molar-refractivity contribution < 1.29 is 4.42 Å². The molecule has 6 nitrogen and oxygen atoms in total. The van der Waals surface area contributed by atoms with Gasteiger partial charge in [0, 0.05) is 25.2 Å². The maximum absolute atomic E-state index is 5.82. The van der Waals surface area contributed by atoms with Gasteiger partial charge in [0.25, 0.3) is 0 Å². The molecule has 23 heavy (non-hydrogen) atoms. The van der Waals surface area contributed by atoms with Crippen LogP contribution in [0.15, 0.2) is 40.8 Å².